The molecule has 3 aromatic rings. The maximum atomic E-state index is 13.2. The van der Waals surface area contributed by atoms with Crippen molar-refractivity contribution in [2.75, 3.05) is 52.5 Å². The minimum Gasteiger partial charge on any atom is -0.492 e. The number of aromatic nitrogens is 3. The monoisotopic (exact) mass is 463 g/mol. The Morgan fingerprint density at radius 1 is 1.09 bits per heavy atom. The molecule has 1 atom stereocenters. The van der Waals surface area contributed by atoms with E-state index in [0.29, 0.717) is 18.1 Å². The van der Waals surface area contributed by atoms with Crippen molar-refractivity contribution in [1.29, 1.82) is 0 Å². The van der Waals surface area contributed by atoms with Crippen molar-refractivity contribution in [2.45, 2.75) is 25.7 Å². The molecule has 8 heteroatoms. The van der Waals surface area contributed by atoms with Crippen molar-refractivity contribution in [2.24, 2.45) is 5.92 Å². The molecule has 2 saturated heterocycles. The maximum absolute atomic E-state index is 13.2. The summed E-state index contributed by atoms with van der Waals surface area (Å²) in [6, 6.07) is 11.7. The van der Waals surface area contributed by atoms with Crippen molar-refractivity contribution in [3.63, 3.8) is 0 Å². The molecule has 1 aromatic carbocycles. The largest absolute Gasteiger partial charge is 0.492 e. The number of hydrogen-bond acceptors (Lipinski definition) is 6. The summed E-state index contributed by atoms with van der Waals surface area (Å²) >= 11 is 0. The van der Waals surface area contributed by atoms with Gasteiger partial charge in [-0.2, -0.15) is 5.10 Å². The molecule has 8 nitrogen and oxygen atoms in total. The van der Waals surface area contributed by atoms with E-state index in [4.69, 9.17) is 9.47 Å². The molecular formula is C26H33N5O3. The number of carbonyl (C=O) groups is 1. The van der Waals surface area contributed by atoms with Crippen molar-refractivity contribution in [3.05, 3.63) is 60.0 Å². The molecule has 0 aliphatic carbocycles. The number of fused-ring (bicyclic) bond motifs is 1. The van der Waals surface area contributed by atoms with E-state index in [1.165, 1.54) is 0 Å². The fourth-order valence-corrected chi connectivity index (χ4v) is 4.85. The topological polar surface area (TPSA) is 72.2 Å². The van der Waals surface area contributed by atoms with E-state index in [1.807, 2.05) is 45.9 Å². The Morgan fingerprint density at radius 2 is 2.00 bits per heavy atom. The number of imidazole rings is 1. The minimum absolute atomic E-state index is 0.0947. The Morgan fingerprint density at radius 3 is 2.91 bits per heavy atom. The van der Waals surface area contributed by atoms with Crippen molar-refractivity contribution < 1.29 is 14.3 Å². The average molecular weight is 464 g/mol. The van der Waals surface area contributed by atoms with Gasteiger partial charge in [0.25, 0.3) is 5.91 Å². The van der Waals surface area contributed by atoms with Crippen LogP contribution in [0.15, 0.2) is 48.8 Å². The highest BCUT2D eigenvalue weighted by molar-refractivity contribution is 5.94. The van der Waals surface area contributed by atoms with Crippen LogP contribution in [0.1, 0.15) is 35.3 Å². The number of carbonyl (C=O) groups excluding carboxylic acids is 1. The van der Waals surface area contributed by atoms with Crippen molar-refractivity contribution >= 4 is 11.6 Å². The van der Waals surface area contributed by atoms with Crippen LogP contribution in [0.4, 0.5) is 0 Å². The van der Waals surface area contributed by atoms with Gasteiger partial charge in [0.2, 0.25) is 0 Å². The number of ether oxygens (including phenoxy) is 2. The van der Waals surface area contributed by atoms with E-state index in [0.717, 1.165) is 88.7 Å². The first kappa shape index (κ1) is 22.8. The molecule has 5 rings (SSSR count). The third-order valence-corrected chi connectivity index (χ3v) is 6.80. The van der Waals surface area contributed by atoms with Gasteiger partial charge in [0, 0.05) is 50.7 Å². The molecule has 1 unspecified atom stereocenters. The van der Waals surface area contributed by atoms with Gasteiger partial charge in [-0.1, -0.05) is 6.07 Å². The number of amides is 1. The zero-order valence-electron chi connectivity index (χ0n) is 19.6. The Hall–Kier alpha value is -2.97. The van der Waals surface area contributed by atoms with Crippen LogP contribution in [0.25, 0.3) is 5.65 Å². The molecule has 1 amide bonds. The minimum atomic E-state index is 0.0947. The first-order valence-corrected chi connectivity index (χ1v) is 12.4. The maximum Gasteiger partial charge on any atom is 0.253 e. The van der Waals surface area contributed by atoms with Crippen LogP contribution in [0, 0.1) is 5.92 Å². The molecule has 0 spiro atoms. The molecule has 0 radical (unpaired) electrons. The molecule has 0 bridgehead atoms. The average Bonchev–Trinajstić information content (AvgIpc) is 3.22. The Kier molecular flexibility index (Phi) is 7.36. The van der Waals surface area contributed by atoms with E-state index in [2.05, 4.69) is 21.0 Å². The molecule has 0 saturated carbocycles. The highest BCUT2D eigenvalue weighted by Gasteiger charge is 2.22. The quantitative estimate of drug-likeness (QED) is 0.537. The highest BCUT2D eigenvalue weighted by atomic mass is 16.5. The summed E-state index contributed by atoms with van der Waals surface area (Å²) in [6.45, 7) is 6.54. The van der Waals surface area contributed by atoms with E-state index >= 15 is 0 Å². The first-order chi connectivity index (χ1) is 16.7. The van der Waals surface area contributed by atoms with Crippen molar-refractivity contribution in [1.82, 2.24) is 24.4 Å². The molecule has 180 valence electrons. The predicted molar refractivity (Wildman–Crippen MR) is 129 cm³/mol. The van der Waals surface area contributed by atoms with Gasteiger partial charge in [0.15, 0.2) is 5.65 Å². The lowest BCUT2D eigenvalue weighted by Crippen LogP contribution is -2.38. The SMILES string of the molecule is O=C(c1cccc(OCCN2CCOCC2)c1)N1CCCC(Cc2ccc3nccn3n2)CC1. The van der Waals surface area contributed by atoms with E-state index in [-0.39, 0.29) is 5.91 Å². The lowest BCUT2D eigenvalue weighted by atomic mass is 9.95. The lowest BCUT2D eigenvalue weighted by molar-refractivity contribution is 0.0322. The highest BCUT2D eigenvalue weighted by Crippen LogP contribution is 2.23. The van der Waals surface area contributed by atoms with Crippen LogP contribution in [0.2, 0.25) is 0 Å². The summed E-state index contributed by atoms with van der Waals surface area (Å²) in [5, 5.41) is 4.68. The first-order valence-electron chi connectivity index (χ1n) is 12.4. The molecule has 2 aromatic heterocycles. The lowest BCUT2D eigenvalue weighted by Gasteiger charge is -2.26. The summed E-state index contributed by atoms with van der Waals surface area (Å²) in [4.78, 5) is 21.8. The van der Waals surface area contributed by atoms with Crippen molar-refractivity contribution in [3.8, 4) is 5.75 Å². The van der Waals surface area contributed by atoms with Gasteiger partial charge in [-0.15, -0.1) is 0 Å². The van der Waals surface area contributed by atoms with Gasteiger partial charge in [-0.3, -0.25) is 9.69 Å². The van der Waals surface area contributed by atoms with Crippen LogP contribution in [-0.2, 0) is 11.2 Å². The fraction of sp³-hybridized carbons (Fsp3) is 0.500. The molecular weight excluding hydrogens is 430 g/mol. The van der Waals surface area contributed by atoms with Crippen LogP contribution in [0.3, 0.4) is 0 Å². The number of hydrogen-bond donors (Lipinski definition) is 0. The second-order valence-corrected chi connectivity index (χ2v) is 9.18. The molecule has 2 fully saturated rings. The van der Waals surface area contributed by atoms with Gasteiger partial charge < -0.3 is 14.4 Å². The van der Waals surface area contributed by atoms with E-state index in [1.54, 1.807) is 6.20 Å². The van der Waals surface area contributed by atoms with Crippen LogP contribution >= 0.6 is 0 Å². The Balaban J connectivity index is 1.13. The fourth-order valence-electron chi connectivity index (χ4n) is 4.85. The molecule has 0 N–H and O–H groups in total. The Labute approximate surface area is 200 Å². The van der Waals surface area contributed by atoms with Gasteiger partial charge in [0.05, 0.1) is 18.9 Å². The summed E-state index contributed by atoms with van der Waals surface area (Å²) in [6.07, 6.45) is 7.70. The summed E-state index contributed by atoms with van der Waals surface area (Å²) < 4.78 is 13.2. The summed E-state index contributed by atoms with van der Waals surface area (Å²) in [5.41, 5.74) is 2.65. The summed E-state index contributed by atoms with van der Waals surface area (Å²) in [7, 11) is 0. The third kappa shape index (κ3) is 5.74. The molecule has 2 aliphatic heterocycles. The van der Waals surface area contributed by atoms with Gasteiger partial charge in [0.1, 0.15) is 12.4 Å². The number of nitrogens with zero attached hydrogens (tertiary/aromatic N) is 5. The van der Waals surface area contributed by atoms with E-state index in [9.17, 15) is 4.79 Å². The number of morpholine rings is 1. The third-order valence-electron chi connectivity index (χ3n) is 6.80. The van der Waals surface area contributed by atoms with Crippen LogP contribution in [-0.4, -0.2) is 82.8 Å². The second kappa shape index (κ2) is 11.0. The van der Waals surface area contributed by atoms with Crippen LogP contribution < -0.4 is 4.74 Å². The van der Waals surface area contributed by atoms with E-state index < -0.39 is 0 Å². The zero-order chi connectivity index (χ0) is 23.2. The standard InChI is InChI=1S/C26H33N5O3/c32-26(22-4-1-5-24(20-22)34-18-15-29-13-16-33-17-14-29)30-10-2-3-21(8-11-30)19-23-6-7-25-27-9-12-31(25)28-23/h1,4-7,9,12,20-21H,2-3,8,10-11,13-19H2. The van der Waals surface area contributed by atoms with Gasteiger partial charge >= 0.3 is 0 Å². The Bertz CT molecular complexity index is 1090. The molecule has 34 heavy (non-hydrogen) atoms. The molecule has 4 heterocycles. The smallest absolute Gasteiger partial charge is 0.253 e. The number of rotatable bonds is 7. The zero-order valence-corrected chi connectivity index (χ0v) is 19.6. The van der Waals surface area contributed by atoms with Gasteiger partial charge in [-0.05, 0) is 61.9 Å². The van der Waals surface area contributed by atoms with Gasteiger partial charge in [-0.25, -0.2) is 9.50 Å². The normalized spacial score (nSPS) is 19.8. The van der Waals surface area contributed by atoms with Crippen LogP contribution in [0.5, 0.6) is 5.75 Å². The second-order valence-electron chi connectivity index (χ2n) is 9.18. The molecule has 2 aliphatic rings. The predicted octanol–water partition coefficient (Wildman–Crippen LogP) is 2.93. The number of benzene rings is 1. The summed E-state index contributed by atoms with van der Waals surface area (Å²) in [5.74, 6) is 1.38. The number of likely N-dealkylation sites (tertiary alicyclic amines) is 1.